The fourth-order valence-corrected chi connectivity index (χ4v) is 2.20. The van der Waals surface area contributed by atoms with Gasteiger partial charge in [-0.15, -0.1) is 0 Å². The highest BCUT2D eigenvalue weighted by Gasteiger charge is 2.18. The van der Waals surface area contributed by atoms with Gasteiger partial charge in [0.2, 0.25) is 0 Å². The Kier molecular flexibility index (Phi) is 3.72. The van der Waals surface area contributed by atoms with E-state index in [0.29, 0.717) is 5.56 Å². The Balaban J connectivity index is 2.56. The number of hydrogen-bond donors (Lipinski definition) is 0. The Labute approximate surface area is 117 Å². The molecule has 2 aromatic carbocycles. The van der Waals surface area contributed by atoms with Crippen LogP contribution in [0.3, 0.4) is 0 Å². The van der Waals surface area contributed by atoms with Gasteiger partial charge in [-0.05, 0) is 55.7 Å². The van der Waals surface area contributed by atoms with Gasteiger partial charge in [0.1, 0.15) is 0 Å². The van der Waals surface area contributed by atoms with Gasteiger partial charge in [0.05, 0.1) is 10.6 Å². The van der Waals surface area contributed by atoms with Crippen molar-refractivity contribution >= 4 is 17.4 Å². The summed E-state index contributed by atoms with van der Waals surface area (Å²) in [5, 5.41) is -0.0349. The fourth-order valence-electron chi connectivity index (χ4n) is 2.03. The topological polar surface area (TPSA) is 17.1 Å². The lowest BCUT2D eigenvalue weighted by molar-refractivity contribution is 0.103. The van der Waals surface area contributed by atoms with Crippen molar-refractivity contribution in [3.8, 4) is 0 Å². The van der Waals surface area contributed by atoms with Crippen LogP contribution in [0.25, 0.3) is 0 Å². The first-order valence-electron chi connectivity index (χ1n) is 5.98. The van der Waals surface area contributed by atoms with Crippen LogP contribution in [0, 0.1) is 26.6 Å². The molecule has 0 unspecified atom stereocenters. The average Bonchev–Trinajstić information content (AvgIpc) is 2.36. The van der Waals surface area contributed by atoms with Crippen molar-refractivity contribution in [2.75, 3.05) is 0 Å². The molecule has 19 heavy (non-hydrogen) atoms. The van der Waals surface area contributed by atoms with E-state index in [4.69, 9.17) is 11.6 Å². The smallest absolute Gasteiger partial charge is 0.196 e. The van der Waals surface area contributed by atoms with Crippen LogP contribution in [0.1, 0.15) is 32.6 Å². The first-order valence-corrected chi connectivity index (χ1v) is 6.36. The Morgan fingerprint density at radius 1 is 1.00 bits per heavy atom. The zero-order chi connectivity index (χ0) is 14.2. The molecule has 0 aromatic heterocycles. The molecular weight excluding hydrogens is 263 g/mol. The summed E-state index contributed by atoms with van der Waals surface area (Å²) in [6, 6.07) is 8.20. The summed E-state index contributed by atoms with van der Waals surface area (Å²) in [5.41, 5.74) is 3.49. The van der Waals surface area contributed by atoms with E-state index < -0.39 is 5.82 Å². The van der Waals surface area contributed by atoms with Crippen molar-refractivity contribution in [1.29, 1.82) is 0 Å². The zero-order valence-corrected chi connectivity index (χ0v) is 11.8. The number of carbonyl (C=O) groups is 1. The fraction of sp³-hybridized carbons (Fsp3) is 0.188. The molecule has 0 heterocycles. The Morgan fingerprint density at radius 3 is 2.32 bits per heavy atom. The molecule has 0 bridgehead atoms. The lowest BCUT2D eigenvalue weighted by atomic mass is 9.94. The third-order valence-corrected chi connectivity index (χ3v) is 3.57. The maximum Gasteiger partial charge on any atom is 0.196 e. The minimum absolute atomic E-state index is 0.0128. The third-order valence-electron chi connectivity index (χ3n) is 3.28. The van der Waals surface area contributed by atoms with E-state index in [2.05, 4.69) is 0 Å². The predicted octanol–water partition coefficient (Wildman–Crippen LogP) is 4.64. The number of hydrogen-bond acceptors (Lipinski definition) is 1. The molecule has 0 aliphatic rings. The summed E-state index contributed by atoms with van der Waals surface area (Å²) in [4.78, 5) is 12.4. The quantitative estimate of drug-likeness (QED) is 0.731. The van der Waals surface area contributed by atoms with Crippen molar-refractivity contribution in [2.45, 2.75) is 20.8 Å². The molecule has 1 nitrogen and oxygen atoms in total. The molecule has 3 heteroatoms. The van der Waals surface area contributed by atoms with Crippen LogP contribution < -0.4 is 0 Å². The number of rotatable bonds is 2. The van der Waals surface area contributed by atoms with Crippen LogP contribution in [0.2, 0.25) is 5.02 Å². The monoisotopic (exact) mass is 276 g/mol. The van der Waals surface area contributed by atoms with Crippen molar-refractivity contribution in [3.05, 3.63) is 69.0 Å². The number of halogens is 2. The highest BCUT2D eigenvalue weighted by atomic mass is 35.5. The molecular formula is C16H14ClFO. The minimum atomic E-state index is -0.660. The Hall–Kier alpha value is -1.67. The minimum Gasteiger partial charge on any atom is -0.288 e. The second-order valence-corrected chi connectivity index (χ2v) is 5.09. The van der Waals surface area contributed by atoms with Gasteiger partial charge in [-0.25, -0.2) is 4.39 Å². The summed E-state index contributed by atoms with van der Waals surface area (Å²) in [6.45, 7) is 5.76. The normalized spacial score (nSPS) is 10.6. The standard InChI is InChI=1S/C16H14ClFO/c1-9-7-11(3)13(8-10(9)2)16(19)12-5-4-6-14(17)15(12)18/h4-8H,1-3H3. The SMILES string of the molecule is Cc1cc(C)c(C(=O)c2cccc(Cl)c2F)cc1C. The highest BCUT2D eigenvalue weighted by molar-refractivity contribution is 6.31. The molecule has 0 radical (unpaired) electrons. The number of carbonyl (C=O) groups excluding carboxylic acids is 1. The van der Waals surface area contributed by atoms with Crippen molar-refractivity contribution in [3.63, 3.8) is 0 Å². The second kappa shape index (κ2) is 5.14. The van der Waals surface area contributed by atoms with E-state index in [9.17, 15) is 9.18 Å². The summed E-state index contributed by atoms with van der Waals surface area (Å²) in [7, 11) is 0. The van der Waals surface area contributed by atoms with Gasteiger partial charge >= 0.3 is 0 Å². The van der Waals surface area contributed by atoms with Crippen LogP contribution in [0.4, 0.5) is 4.39 Å². The van der Waals surface area contributed by atoms with E-state index in [-0.39, 0.29) is 16.4 Å². The molecule has 0 saturated heterocycles. The van der Waals surface area contributed by atoms with Crippen LogP contribution in [0.15, 0.2) is 30.3 Å². The lowest BCUT2D eigenvalue weighted by Crippen LogP contribution is -2.07. The number of aryl methyl sites for hydroxylation is 3. The Morgan fingerprint density at radius 2 is 1.63 bits per heavy atom. The van der Waals surface area contributed by atoms with Crippen LogP contribution in [-0.4, -0.2) is 5.78 Å². The molecule has 0 aliphatic carbocycles. The maximum atomic E-state index is 13.9. The second-order valence-electron chi connectivity index (χ2n) is 4.68. The van der Waals surface area contributed by atoms with E-state index in [1.54, 1.807) is 12.1 Å². The van der Waals surface area contributed by atoms with E-state index >= 15 is 0 Å². The molecule has 98 valence electrons. The average molecular weight is 277 g/mol. The first kappa shape index (κ1) is 13.8. The highest BCUT2D eigenvalue weighted by Crippen LogP contribution is 2.23. The third kappa shape index (κ3) is 2.54. The van der Waals surface area contributed by atoms with Crippen molar-refractivity contribution in [1.82, 2.24) is 0 Å². The molecule has 0 aliphatic heterocycles. The van der Waals surface area contributed by atoms with Gasteiger partial charge in [-0.3, -0.25) is 4.79 Å². The molecule has 0 atom stereocenters. The number of benzene rings is 2. The first-order chi connectivity index (χ1) is 8.91. The van der Waals surface area contributed by atoms with Gasteiger partial charge < -0.3 is 0 Å². The summed E-state index contributed by atoms with van der Waals surface area (Å²) < 4.78 is 13.9. The van der Waals surface area contributed by atoms with Gasteiger partial charge in [-0.2, -0.15) is 0 Å². The van der Waals surface area contributed by atoms with Gasteiger partial charge in [0, 0.05) is 5.56 Å². The van der Waals surface area contributed by atoms with Crippen LogP contribution in [-0.2, 0) is 0 Å². The number of ketones is 1. The predicted molar refractivity (Wildman–Crippen MR) is 75.5 cm³/mol. The van der Waals surface area contributed by atoms with Crippen molar-refractivity contribution in [2.24, 2.45) is 0 Å². The molecule has 0 spiro atoms. The van der Waals surface area contributed by atoms with E-state index in [1.807, 2.05) is 26.8 Å². The van der Waals surface area contributed by atoms with E-state index in [1.165, 1.54) is 12.1 Å². The zero-order valence-electron chi connectivity index (χ0n) is 11.1. The van der Waals surface area contributed by atoms with Gasteiger partial charge in [0.15, 0.2) is 11.6 Å². The van der Waals surface area contributed by atoms with Crippen LogP contribution >= 0.6 is 11.6 Å². The van der Waals surface area contributed by atoms with Crippen LogP contribution in [0.5, 0.6) is 0 Å². The summed E-state index contributed by atoms with van der Waals surface area (Å²) in [5.74, 6) is -0.993. The Bertz CT molecular complexity index is 662. The van der Waals surface area contributed by atoms with E-state index in [0.717, 1.165) is 16.7 Å². The molecule has 2 rings (SSSR count). The van der Waals surface area contributed by atoms with Gasteiger partial charge in [-0.1, -0.05) is 23.7 Å². The van der Waals surface area contributed by atoms with Gasteiger partial charge in [0.25, 0.3) is 0 Å². The summed E-state index contributed by atoms with van der Waals surface area (Å²) >= 11 is 5.71. The molecule has 0 saturated carbocycles. The maximum absolute atomic E-state index is 13.9. The largest absolute Gasteiger partial charge is 0.288 e. The summed E-state index contributed by atoms with van der Waals surface area (Å²) in [6.07, 6.45) is 0. The lowest BCUT2D eigenvalue weighted by Gasteiger charge is -2.10. The molecule has 0 N–H and O–H groups in total. The molecule has 0 amide bonds. The van der Waals surface area contributed by atoms with Crippen molar-refractivity contribution < 1.29 is 9.18 Å². The molecule has 0 fully saturated rings. The molecule has 2 aromatic rings.